The van der Waals surface area contributed by atoms with Gasteiger partial charge in [0.15, 0.2) is 5.58 Å². The van der Waals surface area contributed by atoms with Gasteiger partial charge in [-0.05, 0) is 52.5 Å². The lowest BCUT2D eigenvalue weighted by Gasteiger charge is -2.13. The van der Waals surface area contributed by atoms with E-state index in [9.17, 15) is 0 Å². The fourth-order valence-corrected chi connectivity index (χ4v) is 3.39. The Hall–Kier alpha value is -2.83. The molecule has 0 amide bonds. The first-order valence-electron chi connectivity index (χ1n) is 9.94. The van der Waals surface area contributed by atoms with E-state index < -0.39 is 0 Å². The van der Waals surface area contributed by atoms with Gasteiger partial charge in [-0.2, -0.15) is 0 Å². The van der Waals surface area contributed by atoms with Crippen molar-refractivity contribution in [2.75, 3.05) is 59.7 Å². The normalized spacial score (nSPS) is 11.9. The number of furan rings is 1. The number of nitrogens with one attached hydrogen (secondary N) is 1. The van der Waals surface area contributed by atoms with Crippen LogP contribution < -0.4 is 10.1 Å². The molecule has 6 nitrogen and oxygen atoms in total. The summed E-state index contributed by atoms with van der Waals surface area (Å²) in [7, 11) is 8.22. The molecule has 2 aromatic carbocycles. The number of likely N-dealkylation sites (N-methyl/N-ethyl adjacent to an activating group) is 2. The Morgan fingerprint density at radius 2 is 1.76 bits per heavy atom. The lowest BCUT2D eigenvalue weighted by atomic mass is 10.1. The van der Waals surface area contributed by atoms with Gasteiger partial charge in [0.1, 0.15) is 23.5 Å². The number of hydrogen-bond acceptors (Lipinski definition) is 6. The second kappa shape index (κ2) is 8.27. The zero-order valence-corrected chi connectivity index (χ0v) is 17.5. The second-order valence-corrected chi connectivity index (χ2v) is 7.82. The van der Waals surface area contributed by atoms with Gasteiger partial charge < -0.3 is 24.3 Å². The maximum atomic E-state index is 6.24. The number of pyridine rings is 1. The first kappa shape index (κ1) is 19.5. The van der Waals surface area contributed by atoms with E-state index in [1.165, 1.54) is 0 Å². The molecule has 2 heterocycles. The molecule has 0 atom stereocenters. The van der Waals surface area contributed by atoms with Gasteiger partial charge in [-0.1, -0.05) is 18.2 Å². The smallest absolute Gasteiger partial charge is 0.177 e. The fraction of sp³-hybridized carbons (Fsp3) is 0.348. The van der Waals surface area contributed by atoms with Gasteiger partial charge in [0.25, 0.3) is 0 Å². The third kappa shape index (κ3) is 4.13. The van der Waals surface area contributed by atoms with Gasteiger partial charge in [-0.25, -0.2) is 4.98 Å². The van der Waals surface area contributed by atoms with E-state index in [1.54, 1.807) is 0 Å². The molecule has 4 aromatic rings. The lowest BCUT2D eigenvalue weighted by molar-refractivity contribution is 0.261. The van der Waals surface area contributed by atoms with Crippen LogP contribution in [0.25, 0.3) is 33.0 Å². The molecule has 4 rings (SSSR count). The van der Waals surface area contributed by atoms with E-state index in [4.69, 9.17) is 14.1 Å². The summed E-state index contributed by atoms with van der Waals surface area (Å²) in [5.41, 5.74) is 4.43. The van der Waals surface area contributed by atoms with Crippen LogP contribution in [0.2, 0.25) is 0 Å². The molecule has 152 valence electrons. The molecule has 0 aliphatic carbocycles. The Kier molecular flexibility index (Phi) is 5.56. The second-order valence-electron chi connectivity index (χ2n) is 7.82. The molecule has 2 aromatic heterocycles. The van der Waals surface area contributed by atoms with Crippen molar-refractivity contribution >= 4 is 38.7 Å². The molecule has 0 aliphatic heterocycles. The molecule has 6 heteroatoms. The lowest BCUT2D eigenvalue weighted by Crippen LogP contribution is -2.20. The van der Waals surface area contributed by atoms with Crippen LogP contribution in [0.1, 0.15) is 0 Å². The number of nitrogens with zero attached hydrogens (tertiary/aromatic N) is 3. The van der Waals surface area contributed by atoms with Crippen molar-refractivity contribution in [3.05, 3.63) is 42.5 Å². The van der Waals surface area contributed by atoms with E-state index >= 15 is 0 Å². The molecule has 0 bridgehead atoms. The predicted octanol–water partition coefficient (Wildman–Crippen LogP) is 4.05. The molecule has 0 spiro atoms. The van der Waals surface area contributed by atoms with Gasteiger partial charge in [-0.3, -0.25) is 0 Å². The highest BCUT2D eigenvalue weighted by atomic mass is 16.5. The van der Waals surface area contributed by atoms with E-state index in [-0.39, 0.29) is 0 Å². The van der Waals surface area contributed by atoms with Crippen LogP contribution in [-0.4, -0.2) is 69.2 Å². The first-order chi connectivity index (χ1) is 14.0. The zero-order valence-electron chi connectivity index (χ0n) is 17.5. The molecular formula is C23H28N4O2. The molecule has 1 N–H and O–H groups in total. The minimum absolute atomic E-state index is 0.641. The van der Waals surface area contributed by atoms with Crippen LogP contribution in [0.3, 0.4) is 0 Å². The van der Waals surface area contributed by atoms with Crippen molar-refractivity contribution in [1.29, 1.82) is 0 Å². The summed E-state index contributed by atoms with van der Waals surface area (Å²) < 4.78 is 12.2. The molecule has 29 heavy (non-hydrogen) atoms. The Balaban J connectivity index is 1.79. The fourth-order valence-electron chi connectivity index (χ4n) is 3.39. The summed E-state index contributed by atoms with van der Waals surface area (Å²) in [6.07, 6.45) is 0. The van der Waals surface area contributed by atoms with Crippen LogP contribution in [0.5, 0.6) is 5.75 Å². The number of ether oxygens (including phenoxy) is 1. The quantitative estimate of drug-likeness (QED) is 0.488. The van der Waals surface area contributed by atoms with Crippen LogP contribution in [0, 0.1) is 0 Å². The highest BCUT2D eigenvalue weighted by Gasteiger charge is 2.16. The summed E-state index contributed by atoms with van der Waals surface area (Å²) >= 11 is 0. The van der Waals surface area contributed by atoms with Gasteiger partial charge in [0, 0.05) is 25.0 Å². The summed E-state index contributed by atoms with van der Waals surface area (Å²) in [4.78, 5) is 9.17. The molecule has 0 saturated heterocycles. The number of benzene rings is 2. The highest BCUT2D eigenvalue weighted by Crippen LogP contribution is 2.38. The van der Waals surface area contributed by atoms with Crippen LogP contribution in [0.15, 0.2) is 46.9 Å². The standard InChI is InChI=1S/C23H28N4O2/c1-26(2)12-11-24-21-17-7-5-6-8-19(17)25-22-18-15-16(28-14-13-27(3)4)9-10-20(18)29-23(21)22/h5-10,15H,11-14H2,1-4H3,(H,24,25). The minimum Gasteiger partial charge on any atom is -0.492 e. The number of hydrogen-bond donors (Lipinski definition) is 1. The van der Waals surface area contributed by atoms with E-state index in [0.29, 0.717) is 6.61 Å². The van der Waals surface area contributed by atoms with E-state index in [2.05, 4.69) is 35.3 Å². The molecular weight excluding hydrogens is 364 g/mol. The monoisotopic (exact) mass is 392 g/mol. The number of anilines is 1. The summed E-state index contributed by atoms with van der Waals surface area (Å²) in [6, 6.07) is 14.1. The highest BCUT2D eigenvalue weighted by molar-refractivity contribution is 6.14. The Morgan fingerprint density at radius 3 is 2.55 bits per heavy atom. The van der Waals surface area contributed by atoms with E-state index in [1.807, 2.05) is 50.5 Å². The van der Waals surface area contributed by atoms with Gasteiger partial charge >= 0.3 is 0 Å². The third-order valence-electron chi connectivity index (χ3n) is 4.93. The maximum Gasteiger partial charge on any atom is 0.177 e. The maximum absolute atomic E-state index is 6.24. The SMILES string of the molecule is CN(C)CCNc1c2ccccc2nc2c1oc1ccc(OCCN(C)C)cc12. The van der Waals surface area contributed by atoms with Crippen molar-refractivity contribution in [2.24, 2.45) is 0 Å². The Morgan fingerprint density at radius 1 is 0.966 bits per heavy atom. The number of aromatic nitrogens is 1. The predicted molar refractivity (Wildman–Crippen MR) is 120 cm³/mol. The summed E-state index contributed by atoms with van der Waals surface area (Å²) in [5, 5.41) is 5.62. The summed E-state index contributed by atoms with van der Waals surface area (Å²) in [6.45, 7) is 3.27. The van der Waals surface area contributed by atoms with Crippen molar-refractivity contribution in [1.82, 2.24) is 14.8 Å². The third-order valence-corrected chi connectivity index (χ3v) is 4.93. The largest absolute Gasteiger partial charge is 0.492 e. The zero-order chi connectivity index (χ0) is 20.4. The van der Waals surface area contributed by atoms with Crippen LogP contribution in [0.4, 0.5) is 5.69 Å². The first-order valence-corrected chi connectivity index (χ1v) is 9.94. The Labute approximate surface area is 171 Å². The average molecular weight is 393 g/mol. The van der Waals surface area contributed by atoms with Crippen LogP contribution in [-0.2, 0) is 0 Å². The van der Waals surface area contributed by atoms with Crippen molar-refractivity contribution < 1.29 is 9.15 Å². The summed E-state index contributed by atoms with van der Waals surface area (Å²) in [5.74, 6) is 0.833. The van der Waals surface area contributed by atoms with Gasteiger partial charge in [0.05, 0.1) is 16.6 Å². The van der Waals surface area contributed by atoms with E-state index in [0.717, 1.165) is 64.0 Å². The molecule has 0 unspecified atom stereocenters. The van der Waals surface area contributed by atoms with Crippen molar-refractivity contribution in [3.63, 3.8) is 0 Å². The Bertz CT molecular complexity index is 1130. The van der Waals surface area contributed by atoms with Crippen LogP contribution >= 0.6 is 0 Å². The molecule has 0 saturated carbocycles. The van der Waals surface area contributed by atoms with Crippen molar-refractivity contribution in [2.45, 2.75) is 0 Å². The molecule has 0 aliphatic rings. The van der Waals surface area contributed by atoms with Crippen molar-refractivity contribution in [3.8, 4) is 5.75 Å². The minimum atomic E-state index is 0.641. The number of fused-ring (bicyclic) bond motifs is 4. The average Bonchev–Trinajstić information content (AvgIpc) is 3.05. The van der Waals surface area contributed by atoms with Gasteiger partial charge in [-0.15, -0.1) is 0 Å². The molecule has 0 fully saturated rings. The number of rotatable bonds is 8. The molecule has 0 radical (unpaired) electrons. The van der Waals surface area contributed by atoms with Gasteiger partial charge in [0.2, 0.25) is 0 Å². The number of para-hydroxylation sites is 1. The topological polar surface area (TPSA) is 53.8 Å².